The van der Waals surface area contributed by atoms with Crippen LogP contribution >= 0.6 is 0 Å². The molecule has 0 saturated carbocycles. The van der Waals surface area contributed by atoms with E-state index in [9.17, 15) is 14.4 Å². The van der Waals surface area contributed by atoms with Crippen LogP contribution in [0.4, 0.5) is 16.2 Å². The van der Waals surface area contributed by atoms with E-state index in [0.29, 0.717) is 17.0 Å². The molecule has 0 aliphatic carbocycles. The normalized spacial score (nSPS) is 10.1. The molecule has 0 unspecified atom stereocenters. The van der Waals surface area contributed by atoms with Crippen molar-refractivity contribution in [1.82, 2.24) is 4.57 Å². The zero-order valence-electron chi connectivity index (χ0n) is 16.5. The van der Waals surface area contributed by atoms with Crippen LogP contribution in [0.25, 0.3) is 5.69 Å². The molecule has 0 aliphatic heterocycles. The summed E-state index contributed by atoms with van der Waals surface area (Å²) in [5.74, 6) is -0.728. The SMILES string of the molecule is COc1cc(NC(=O)O)c(NC(=O)CC(=O)c2cccc(C#N)c2)cc1-n1cccc1. The summed E-state index contributed by atoms with van der Waals surface area (Å²) in [4.78, 5) is 36.1. The maximum atomic E-state index is 12.5. The number of aromatic nitrogens is 1. The summed E-state index contributed by atoms with van der Waals surface area (Å²) in [6.45, 7) is 0. The number of Topliss-reactive ketones (excluding diaryl/α,β-unsaturated/α-hetero) is 1. The second kappa shape index (κ2) is 9.28. The number of amides is 2. The molecule has 3 N–H and O–H groups in total. The third-order valence-electron chi connectivity index (χ3n) is 4.35. The van der Waals surface area contributed by atoms with Crippen LogP contribution in [0.5, 0.6) is 5.75 Å². The molecule has 156 valence electrons. The highest BCUT2D eigenvalue weighted by Gasteiger charge is 2.18. The predicted octanol–water partition coefficient (Wildman–Crippen LogP) is 3.66. The molecule has 0 atom stereocenters. The second-order valence-corrected chi connectivity index (χ2v) is 6.43. The first kappa shape index (κ1) is 21.1. The Bertz CT molecular complexity index is 1180. The number of nitriles is 1. The number of benzene rings is 2. The van der Waals surface area contributed by atoms with Gasteiger partial charge >= 0.3 is 6.09 Å². The average Bonchev–Trinajstić information content (AvgIpc) is 3.29. The van der Waals surface area contributed by atoms with E-state index in [-0.39, 0.29) is 16.9 Å². The summed E-state index contributed by atoms with van der Waals surface area (Å²) in [6, 6.07) is 14.6. The van der Waals surface area contributed by atoms with Crippen molar-refractivity contribution in [3.63, 3.8) is 0 Å². The van der Waals surface area contributed by atoms with E-state index in [0.717, 1.165) is 0 Å². The summed E-state index contributed by atoms with van der Waals surface area (Å²) in [6.07, 6.45) is 1.72. The molecule has 3 rings (SSSR count). The Kier molecular flexibility index (Phi) is 6.33. The number of hydrogen-bond acceptors (Lipinski definition) is 5. The summed E-state index contributed by atoms with van der Waals surface area (Å²) in [5.41, 5.74) is 1.36. The van der Waals surface area contributed by atoms with Crippen molar-refractivity contribution in [3.05, 3.63) is 72.1 Å². The van der Waals surface area contributed by atoms with Gasteiger partial charge in [0.2, 0.25) is 5.91 Å². The van der Waals surface area contributed by atoms with Gasteiger partial charge in [-0.2, -0.15) is 5.26 Å². The van der Waals surface area contributed by atoms with E-state index in [1.807, 2.05) is 6.07 Å². The van der Waals surface area contributed by atoms with E-state index in [2.05, 4.69) is 10.6 Å². The first-order valence-electron chi connectivity index (χ1n) is 9.10. The lowest BCUT2D eigenvalue weighted by Crippen LogP contribution is -2.19. The maximum absolute atomic E-state index is 12.5. The fourth-order valence-electron chi connectivity index (χ4n) is 2.96. The maximum Gasteiger partial charge on any atom is 0.409 e. The lowest BCUT2D eigenvalue weighted by molar-refractivity contribution is -0.115. The molecule has 2 amide bonds. The van der Waals surface area contributed by atoms with E-state index in [1.54, 1.807) is 47.3 Å². The van der Waals surface area contributed by atoms with E-state index >= 15 is 0 Å². The molecule has 0 bridgehead atoms. The molecule has 1 heterocycles. The molecule has 0 spiro atoms. The van der Waals surface area contributed by atoms with Crippen molar-refractivity contribution in [2.75, 3.05) is 17.7 Å². The van der Waals surface area contributed by atoms with Crippen molar-refractivity contribution in [2.24, 2.45) is 0 Å². The van der Waals surface area contributed by atoms with Gasteiger partial charge < -0.3 is 19.7 Å². The van der Waals surface area contributed by atoms with Crippen molar-refractivity contribution < 1.29 is 24.2 Å². The number of carbonyl (C=O) groups excluding carboxylic acids is 2. The smallest absolute Gasteiger partial charge is 0.409 e. The molecule has 3 aromatic rings. The molecule has 0 saturated heterocycles. The van der Waals surface area contributed by atoms with E-state index in [1.165, 1.54) is 25.3 Å². The number of ether oxygens (including phenoxy) is 1. The second-order valence-electron chi connectivity index (χ2n) is 6.43. The number of anilines is 2. The fraction of sp³-hybridized carbons (Fsp3) is 0.0909. The molecule has 1 aromatic heterocycles. The van der Waals surface area contributed by atoms with Gasteiger partial charge in [-0.3, -0.25) is 14.9 Å². The Balaban J connectivity index is 1.88. The Morgan fingerprint density at radius 3 is 2.42 bits per heavy atom. The minimum atomic E-state index is -1.32. The average molecular weight is 418 g/mol. The number of carbonyl (C=O) groups is 3. The monoisotopic (exact) mass is 418 g/mol. The number of carboxylic acid groups (broad SMARTS) is 1. The number of nitrogens with one attached hydrogen (secondary N) is 2. The summed E-state index contributed by atoms with van der Waals surface area (Å²) < 4.78 is 7.08. The fourth-order valence-corrected chi connectivity index (χ4v) is 2.96. The van der Waals surface area contributed by atoms with Gasteiger partial charge in [0.05, 0.1) is 42.2 Å². The number of methoxy groups -OCH3 is 1. The number of rotatable bonds is 7. The summed E-state index contributed by atoms with van der Waals surface area (Å²) in [5, 5.41) is 22.9. The molecule has 0 aliphatic rings. The summed E-state index contributed by atoms with van der Waals surface area (Å²) in [7, 11) is 1.44. The highest BCUT2D eigenvalue weighted by molar-refractivity contribution is 6.12. The van der Waals surface area contributed by atoms with Crippen LogP contribution < -0.4 is 15.4 Å². The number of nitrogens with zero attached hydrogens (tertiary/aromatic N) is 2. The van der Waals surface area contributed by atoms with Crippen LogP contribution in [0, 0.1) is 11.3 Å². The molecular weight excluding hydrogens is 400 g/mol. The quantitative estimate of drug-likeness (QED) is 0.396. The Morgan fingerprint density at radius 1 is 1.06 bits per heavy atom. The lowest BCUT2D eigenvalue weighted by Gasteiger charge is -2.17. The molecule has 0 fully saturated rings. The Labute approximate surface area is 177 Å². The van der Waals surface area contributed by atoms with Gasteiger partial charge in [-0.25, -0.2) is 4.79 Å². The van der Waals surface area contributed by atoms with Crippen molar-refractivity contribution in [1.29, 1.82) is 5.26 Å². The van der Waals surface area contributed by atoms with Gasteiger partial charge in [0.1, 0.15) is 5.75 Å². The largest absolute Gasteiger partial charge is 0.494 e. The Morgan fingerprint density at radius 2 is 1.77 bits per heavy atom. The third kappa shape index (κ3) is 5.07. The first-order valence-corrected chi connectivity index (χ1v) is 9.10. The topological polar surface area (TPSA) is 133 Å². The molecule has 31 heavy (non-hydrogen) atoms. The van der Waals surface area contributed by atoms with Crippen LogP contribution in [0.1, 0.15) is 22.3 Å². The molecule has 0 radical (unpaired) electrons. The van der Waals surface area contributed by atoms with Gasteiger partial charge in [-0.1, -0.05) is 12.1 Å². The van der Waals surface area contributed by atoms with Crippen LogP contribution in [0.15, 0.2) is 60.9 Å². The van der Waals surface area contributed by atoms with Crippen molar-refractivity contribution >= 4 is 29.2 Å². The lowest BCUT2D eigenvalue weighted by atomic mass is 10.1. The molecule has 9 heteroatoms. The van der Waals surface area contributed by atoms with Crippen LogP contribution in [-0.2, 0) is 4.79 Å². The first-order chi connectivity index (χ1) is 14.9. The van der Waals surface area contributed by atoms with Crippen LogP contribution in [0.2, 0.25) is 0 Å². The van der Waals surface area contributed by atoms with Gasteiger partial charge in [0.25, 0.3) is 0 Å². The van der Waals surface area contributed by atoms with E-state index in [4.69, 9.17) is 15.1 Å². The van der Waals surface area contributed by atoms with Gasteiger partial charge in [-0.15, -0.1) is 0 Å². The Hall–Kier alpha value is -4.58. The standard InChI is InChI=1S/C22H18N4O5/c1-31-20-11-17(25-22(29)30)16(10-18(20)26-7-2-3-8-26)24-21(28)12-19(27)15-6-4-5-14(9-15)13-23/h2-11,25H,12H2,1H3,(H,24,28)(H,29,30). The van der Waals surface area contributed by atoms with Crippen LogP contribution in [0.3, 0.4) is 0 Å². The summed E-state index contributed by atoms with van der Waals surface area (Å²) >= 11 is 0. The van der Waals surface area contributed by atoms with Crippen molar-refractivity contribution in [2.45, 2.75) is 6.42 Å². The zero-order valence-corrected chi connectivity index (χ0v) is 16.5. The molecular formula is C22H18N4O5. The zero-order chi connectivity index (χ0) is 22.4. The van der Waals surface area contributed by atoms with E-state index < -0.39 is 24.2 Å². The number of ketones is 1. The van der Waals surface area contributed by atoms with Gasteiger partial charge in [0, 0.05) is 24.0 Å². The molecule has 2 aromatic carbocycles. The number of hydrogen-bond donors (Lipinski definition) is 3. The highest BCUT2D eigenvalue weighted by Crippen LogP contribution is 2.34. The van der Waals surface area contributed by atoms with Crippen molar-refractivity contribution in [3.8, 4) is 17.5 Å². The molecule has 9 nitrogen and oxygen atoms in total. The van der Waals surface area contributed by atoms with Gasteiger partial charge in [0.15, 0.2) is 5.78 Å². The third-order valence-corrected chi connectivity index (χ3v) is 4.35. The van der Waals surface area contributed by atoms with Gasteiger partial charge in [-0.05, 0) is 30.3 Å². The minimum Gasteiger partial charge on any atom is -0.494 e. The van der Waals surface area contributed by atoms with Crippen LogP contribution in [-0.4, -0.2) is 34.6 Å². The highest BCUT2D eigenvalue weighted by atomic mass is 16.5. The minimum absolute atomic E-state index is 0.0903. The predicted molar refractivity (Wildman–Crippen MR) is 113 cm³/mol.